The second-order valence-electron chi connectivity index (χ2n) is 5.93. The predicted octanol–water partition coefficient (Wildman–Crippen LogP) is 2.37. The van der Waals surface area contributed by atoms with E-state index in [0.717, 1.165) is 36.6 Å². The lowest BCUT2D eigenvalue weighted by Gasteiger charge is -2.40. The lowest BCUT2D eigenvalue weighted by molar-refractivity contribution is 0.0392. The number of rotatable bonds is 4. The molecule has 0 spiro atoms. The van der Waals surface area contributed by atoms with Gasteiger partial charge in [-0.2, -0.15) is 5.10 Å². The maximum Gasteiger partial charge on any atom is 0.159 e. The fourth-order valence-corrected chi connectivity index (χ4v) is 2.93. The van der Waals surface area contributed by atoms with Crippen molar-refractivity contribution < 1.29 is 13.9 Å². The summed E-state index contributed by atoms with van der Waals surface area (Å²) in [4.78, 5) is 2.08. The first-order chi connectivity index (χ1) is 10.4. The molecule has 1 saturated heterocycles. The van der Waals surface area contributed by atoms with E-state index in [4.69, 9.17) is 0 Å². The molecule has 0 bridgehead atoms. The maximum atomic E-state index is 13.2. The Morgan fingerprint density at radius 3 is 2.55 bits per heavy atom. The second-order valence-corrected chi connectivity index (χ2v) is 5.93. The van der Waals surface area contributed by atoms with Crippen LogP contribution in [0.15, 0.2) is 24.3 Å². The van der Waals surface area contributed by atoms with Crippen LogP contribution < -0.4 is 0 Å². The minimum Gasteiger partial charge on any atom is -0.387 e. The Bertz CT molecular complexity index is 680. The average Bonchev–Trinajstić information content (AvgIpc) is 2.75. The summed E-state index contributed by atoms with van der Waals surface area (Å²) in [7, 11) is 0. The molecule has 2 aromatic rings. The molecule has 2 heterocycles. The highest BCUT2D eigenvalue weighted by atomic mass is 19.2. The van der Waals surface area contributed by atoms with Crippen LogP contribution in [0.1, 0.15) is 29.1 Å². The normalized spacial score (nSPS) is 17.5. The first-order valence-electron chi connectivity index (χ1n) is 7.32. The van der Waals surface area contributed by atoms with Crippen LogP contribution in [0.4, 0.5) is 8.78 Å². The van der Waals surface area contributed by atoms with E-state index in [9.17, 15) is 13.9 Å². The smallest absolute Gasteiger partial charge is 0.159 e. The summed E-state index contributed by atoms with van der Waals surface area (Å²) in [5, 5.41) is 14.6. The topological polar surface area (TPSA) is 41.3 Å². The van der Waals surface area contributed by atoms with E-state index in [1.807, 2.05) is 24.6 Å². The summed E-state index contributed by atoms with van der Waals surface area (Å²) >= 11 is 0. The standard InChI is InChI=1S/C16H19F2N3O/c1-10-5-11(2)21(19-10)13-7-20(8-13)9-16(22)12-3-4-14(17)15(18)6-12/h3-6,13,16,22H,7-9H2,1-2H3/t16-/m1/s1. The van der Waals surface area contributed by atoms with Gasteiger partial charge < -0.3 is 5.11 Å². The van der Waals surface area contributed by atoms with Gasteiger partial charge in [-0.25, -0.2) is 8.78 Å². The average molecular weight is 307 g/mol. The van der Waals surface area contributed by atoms with Crippen molar-refractivity contribution in [3.05, 3.63) is 52.9 Å². The molecule has 1 N–H and O–H groups in total. The number of hydrogen-bond acceptors (Lipinski definition) is 3. The number of hydrogen-bond donors (Lipinski definition) is 1. The minimum atomic E-state index is -0.930. The minimum absolute atomic E-state index is 0.311. The zero-order chi connectivity index (χ0) is 15.9. The van der Waals surface area contributed by atoms with E-state index in [1.165, 1.54) is 6.07 Å². The van der Waals surface area contributed by atoms with E-state index >= 15 is 0 Å². The monoisotopic (exact) mass is 307 g/mol. The molecule has 0 amide bonds. The molecule has 0 saturated carbocycles. The third-order valence-electron chi connectivity index (χ3n) is 4.09. The molecule has 3 rings (SSSR count). The van der Waals surface area contributed by atoms with E-state index < -0.39 is 17.7 Å². The van der Waals surface area contributed by atoms with Crippen LogP contribution in [-0.4, -0.2) is 39.4 Å². The van der Waals surface area contributed by atoms with Crippen LogP contribution in [0.5, 0.6) is 0 Å². The van der Waals surface area contributed by atoms with Crippen molar-refractivity contribution in [3.63, 3.8) is 0 Å². The zero-order valence-corrected chi connectivity index (χ0v) is 12.6. The van der Waals surface area contributed by atoms with Crippen molar-refractivity contribution in [3.8, 4) is 0 Å². The number of aliphatic hydroxyl groups is 1. The molecule has 6 heteroatoms. The highest BCUT2D eigenvalue weighted by Gasteiger charge is 2.31. The molecule has 1 aliphatic heterocycles. The second kappa shape index (κ2) is 5.78. The summed E-state index contributed by atoms with van der Waals surface area (Å²) in [6, 6.07) is 5.87. The number of aryl methyl sites for hydroxylation is 2. The van der Waals surface area contributed by atoms with Crippen molar-refractivity contribution in [1.82, 2.24) is 14.7 Å². The van der Waals surface area contributed by atoms with Gasteiger partial charge in [0.05, 0.1) is 17.8 Å². The van der Waals surface area contributed by atoms with Crippen LogP contribution in [-0.2, 0) is 0 Å². The van der Waals surface area contributed by atoms with E-state index in [0.29, 0.717) is 18.2 Å². The molecule has 0 radical (unpaired) electrons. The SMILES string of the molecule is Cc1cc(C)n(C2CN(C[C@@H](O)c3ccc(F)c(F)c3)C2)n1. The van der Waals surface area contributed by atoms with Gasteiger partial charge in [-0.05, 0) is 37.6 Å². The molecule has 0 unspecified atom stereocenters. The largest absolute Gasteiger partial charge is 0.387 e. The van der Waals surface area contributed by atoms with Crippen molar-refractivity contribution in [2.24, 2.45) is 0 Å². The number of aromatic nitrogens is 2. The first-order valence-corrected chi connectivity index (χ1v) is 7.32. The first kappa shape index (κ1) is 15.1. The Labute approximate surface area is 128 Å². The Balaban J connectivity index is 1.57. The van der Waals surface area contributed by atoms with Crippen molar-refractivity contribution in [2.75, 3.05) is 19.6 Å². The summed E-state index contributed by atoms with van der Waals surface area (Å²) in [6.45, 7) is 5.98. The molecule has 1 aromatic carbocycles. The van der Waals surface area contributed by atoms with Crippen LogP contribution in [0.25, 0.3) is 0 Å². The maximum absolute atomic E-state index is 13.2. The fraction of sp³-hybridized carbons (Fsp3) is 0.438. The fourth-order valence-electron chi connectivity index (χ4n) is 2.93. The zero-order valence-electron chi connectivity index (χ0n) is 12.6. The molecule has 22 heavy (non-hydrogen) atoms. The summed E-state index contributed by atoms with van der Waals surface area (Å²) in [5.41, 5.74) is 2.52. The Morgan fingerprint density at radius 1 is 1.23 bits per heavy atom. The molecule has 1 aliphatic rings. The van der Waals surface area contributed by atoms with Crippen LogP contribution in [0, 0.1) is 25.5 Å². The van der Waals surface area contributed by atoms with Gasteiger partial charge in [-0.3, -0.25) is 9.58 Å². The van der Waals surface area contributed by atoms with Crippen molar-refractivity contribution >= 4 is 0 Å². The molecular weight excluding hydrogens is 288 g/mol. The highest BCUT2D eigenvalue weighted by molar-refractivity contribution is 5.20. The van der Waals surface area contributed by atoms with Gasteiger partial charge in [0.1, 0.15) is 0 Å². The molecule has 0 aliphatic carbocycles. The van der Waals surface area contributed by atoms with Gasteiger partial charge in [0, 0.05) is 25.3 Å². The molecule has 1 atom stereocenters. The van der Waals surface area contributed by atoms with Gasteiger partial charge in [-0.1, -0.05) is 6.07 Å². The van der Waals surface area contributed by atoms with Gasteiger partial charge in [0.2, 0.25) is 0 Å². The number of benzene rings is 1. The van der Waals surface area contributed by atoms with E-state index in [1.54, 1.807) is 0 Å². The predicted molar refractivity (Wildman–Crippen MR) is 78.5 cm³/mol. The van der Waals surface area contributed by atoms with Gasteiger partial charge in [0.25, 0.3) is 0 Å². The van der Waals surface area contributed by atoms with Crippen LogP contribution in [0.3, 0.4) is 0 Å². The van der Waals surface area contributed by atoms with Crippen LogP contribution in [0.2, 0.25) is 0 Å². The summed E-state index contributed by atoms with van der Waals surface area (Å²) < 4.78 is 28.1. The van der Waals surface area contributed by atoms with Gasteiger partial charge >= 0.3 is 0 Å². The molecular formula is C16H19F2N3O. The van der Waals surface area contributed by atoms with Gasteiger partial charge in [-0.15, -0.1) is 0 Å². The number of β-amino-alcohol motifs (C(OH)–C–C–N with tert-alkyl or cyclic N) is 1. The van der Waals surface area contributed by atoms with E-state index in [2.05, 4.69) is 10.00 Å². The number of aliphatic hydroxyl groups excluding tert-OH is 1. The molecule has 4 nitrogen and oxygen atoms in total. The third kappa shape index (κ3) is 2.89. The Morgan fingerprint density at radius 2 is 1.95 bits per heavy atom. The molecule has 1 aromatic heterocycles. The lowest BCUT2D eigenvalue weighted by atomic mass is 10.0. The van der Waals surface area contributed by atoms with Crippen LogP contribution >= 0.6 is 0 Å². The third-order valence-corrected chi connectivity index (χ3v) is 4.09. The quantitative estimate of drug-likeness (QED) is 0.943. The highest BCUT2D eigenvalue weighted by Crippen LogP contribution is 2.26. The molecule has 118 valence electrons. The molecule has 1 fully saturated rings. The number of likely N-dealkylation sites (tertiary alicyclic amines) is 1. The van der Waals surface area contributed by atoms with Crippen molar-refractivity contribution in [1.29, 1.82) is 0 Å². The number of halogens is 2. The number of nitrogens with zero attached hydrogens (tertiary/aromatic N) is 3. The van der Waals surface area contributed by atoms with Gasteiger partial charge in [0.15, 0.2) is 11.6 Å². The van der Waals surface area contributed by atoms with E-state index in [-0.39, 0.29) is 0 Å². The summed E-state index contributed by atoms with van der Waals surface area (Å²) in [5.74, 6) is -1.83. The Hall–Kier alpha value is -1.79. The Kier molecular flexibility index (Phi) is 3.97. The van der Waals surface area contributed by atoms with Crippen molar-refractivity contribution in [2.45, 2.75) is 26.0 Å². The lowest BCUT2D eigenvalue weighted by Crippen LogP contribution is -2.49. The summed E-state index contributed by atoms with van der Waals surface area (Å²) in [6.07, 6.45) is -0.823.